The number of anilines is 1. The largest absolute Gasteiger partial charge is 0.322 e. The van der Waals surface area contributed by atoms with Gasteiger partial charge in [0.15, 0.2) is 0 Å². The molecule has 2 N–H and O–H groups in total. The van der Waals surface area contributed by atoms with Crippen molar-refractivity contribution in [3.8, 4) is 12.3 Å². The van der Waals surface area contributed by atoms with Gasteiger partial charge < -0.3 is 5.32 Å². The molecule has 0 aliphatic heterocycles. The molecule has 5 heteroatoms. The van der Waals surface area contributed by atoms with E-state index < -0.39 is 5.54 Å². The molecule has 0 heterocycles. The summed E-state index contributed by atoms with van der Waals surface area (Å²) in [4.78, 5) is 11.7. The molecule has 0 spiro atoms. The van der Waals surface area contributed by atoms with Crippen molar-refractivity contribution in [2.75, 3.05) is 11.9 Å². The van der Waals surface area contributed by atoms with E-state index >= 15 is 0 Å². The molecule has 0 saturated carbocycles. The molecule has 0 aliphatic rings. The Labute approximate surface area is 117 Å². The highest BCUT2D eigenvalue weighted by molar-refractivity contribution is 6.39. The SMILES string of the molecule is C#CC(C)(C)NCC(=O)Nc1c(Cl)cccc1Cl. The van der Waals surface area contributed by atoms with Gasteiger partial charge >= 0.3 is 0 Å². The molecule has 0 fully saturated rings. The lowest BCUT2D eigenvalue weighted by molar-refractivity contribution is -0.115. The number of rotatable bonds is 4. The molecule has 0 aromatic heterocycles. The van der Waals surface area contributed by atoms with Gasteiger partial charge in [0.1, 0.15) is 0 Å². The first kappa shape index (κ1) is 14.8. The lowest BCUT2D eigenvalue weighted by Gasteiger charge is -2.19. The topological polar surface area (TPSA) is 41.1 Å². The second kappa shape index (κ2) is 6.10. The molecule has 1 aromatic carbocycles. The van der Waals surface area contributed by atoms with Crippen LogP contribution in [0, 0.1) is 12.3 Å². The first-order chi connectivity index (χ1) is 8.35. The van der Waals surface area contributed by atoms with Gasteiger partial charge in [-0.2, -0.15) is 0 Å². The quantitative estimate of drug-likeness (QED) is 0.835. The van der Waals surface area contributed by atoms with Crippen LogP contribution in [0.2, 0.25) is 10.0 Å². The summed E-state index contributed by atoms with van der Waals surface area (Å²) in [5.74, 6) is 2.28. The minimum absolute atomic E-state index is 0.0821. The Morgan fingerprint density at radius 2 is 1.94 bits per heavy atom. The highest BCUT2D eigenvalue weighted by Crippen LogP contribution is 2.29. The van der Waals surface area contributed by atoms with Crippen LogP contribution in [0.5, 0.6) is 0 Å². The van der Waals surface area contributed by atoms with E-state index in [1.165, 1.54) is 0 Å². The number of carbonyl (C=O) groups excluding carboxylic acids is 1. The van der Waals surface area contributed by atoms with E-state index in [0.29, 0.717) is 15.7 Å². The lowest BCUT2D eigenvalue weighted by atomic mass is 10.1. The molecule has 0 atom stereocenters. The van der Waals surface area contributed by atoms with E-state index in [-0.39, 0.29) is 12.5 Å². The van der Waals surface area contributed by atoms with E-state index in [0.717, 1.165) is 0 Å². The Kier molecular flexibility index (Phi) is 5.03. The number of para-hydroxylation sites is 1. The number of hydrogen-bond acceptors (Lipinski definition) is 2. The molecule has 0 aliphatic carbocycles. The first-order valence-corrected chi connectivity index (χ1v) is 6.08. The van der Waals surface area contributed by atoms with Gasteiger partial charge in [-0.3, -0.25) is 10.1 Å². The maximum absolute atomic E-state index is 11.7. The van der Waals surface area contributed by atoms with Gasteiger partial charge in [-0.1, -0.05) is 35.2 Å². The van der Waals surface area contributed by atoms with E-state index in [2.05, 4.69) is 16.6 Å². The van der Waals surface area contributed by atoms with Gasteiger partial charge in [-0.25, -0.2) is 0 Å². The van der Waals surface area contributed by atoms with Crippen molar-refractivity contribution >= 4 is 34.8 Å². The third-order valence-corrected chi connectivity index (χ3v) is 2.91. The Balaban J connectivity index is 2.64. The van der Waals surface area contributed by atoms with Crippen LogP contribution in [-0.4, -0.2) is 18.0 Å². The van der Waals surface area contributed by atoms with Crippen molar-refractivity contribution in [3.63, 3.8) is 0 Å². The van der Waals surface area contributed by atoms with Crippen molar-refractivity contribution in [1.29, 1.82) is 0 Å². The van der Waals surface area contributed by atoms with Gasteiger partial charge in [0, 0.05) is 0 Å². The molecule has 1 amide bonds. The monoisotopic (exact) mass is 284 g/mol. The van der Waals surface area contributed by atoms with E-state index in [4.69, 9.17) is 29.6 Å². The van der Waals surface area contributed by atoms with Crippen LogP contribution in [0.15, 0.2) is 18.2 Å². The number of benzene rings is 1. The fourth-order valence-electron chi connectivity index (χ4n) is 1.15. The second-order valence-electron chi connectivity index (χ2n) is 4.27. The van der Waals surface area contributed by atoms with Crippen LogP contribution in [0.3, 0.4) is 0 Å². The van der Waals surface area contributed by atoms with E-state index in [9.17, 15) is 4.79 Å². The summed E-state index contributed by atoms with van der Waals surface area (Å²) in [6.45, 7) is 3.70. The van der Waals surface area contributed by atoms with E-state index in [1.54, 1.807) is 18.2 Å². The Hall–Kier alpha value is -1.21. The standard InChI is InChI=1S/C13H14Cl2N2O/c1-4-13(2,3)16-8-11(18)17-12-9(14)6-5-7-10(12)15/h1,5-7,16H,8H2,2-3H3,(H,17,18). The van der Waals surface area contributed by atoms with Gasteiger partial charge in [-0.15, -0.1) is 6.42 Å². The number of halogens is 2. The molecule has 0 unspecified atom stereocenters. The minimum Gasteiger partial charge on any atom is -0.322 e. The fourth-order valence-corrected chi connectivity index (χ4v) is 1.65. The Morgan fingerprint density at radius 3 is 2.44 bits per heavy atom. The van der Waals surface area contributed by atoms with Gasteiger partial charge in [0.25, 0.3) is 0 Å². The Morgan fingerprint density at radius 1 is 1.39 bits per heavy atom. The molecule has 0 bridgehead atoms. The smallest absolute Gasteiger partial charge is 0.238 e. The Bertz CT molecular complexity index is 472. The summed E-state index contributed by atoms with van der Waals surface area (Å²) >= 11 is 11.9. The van der Waals surface area contributed by atoms with Gasteiger partial charge in [-0.05, 0) is 26.0 Å². The van der Waals surface area contributed by atoms with Crippen molar-refractivity contribution < 1.29 is 4.79 Å². The summed E-state index contributed by atoms with van der Waals surface area (Å²) in [6, 6.07) is 5.02. The molecular weight excluding hydrogens is 271 g/mol. The van der Waals surface area contributed by atoms with Crippen LogP contribution < -0.4 is 10.6 Å². The normalized spacial score (nSPS) is 10.8. The van der Waals surface area contributed by atoms with Crippen molar-refractivity contribution in [2.45, 2.75) is 19.4 Å². The second-order valence-corrected chi connectivity index (χ2v) is 5.08. The number of hydrogen-bond donors (Lipinski definition) is 2. The minimum atomic E-state index is -0.540. The van der Waals surface area contributed by atoms with Gasteiger partial charge in [0.05, 0.1) is 27.8 Å². The molecule has 96 valence electrons. The first-order valence-electron chi connectivity index (χ1n) is 5.32. The molecule has 0 saturated heterocycles. The summed E-state index contributed by atoms with van der Waals surface area (Å²) in [6.07, 6.45) is 5.31. The fraction of sp³-hybridized carbons (Fsp3) is 0.308. The lowest BCUT2D eigenvalue weighted by Crippen LogP contribution is -2.42. The van der Waals surface area contributed by atoms with Crippen molar-refractivity contribution in [2.24, 2.45) is 0 Å². The van der Waals surface area contributed by atoms with Crippen LogP contribution >= 0.6 is 23.2 Å². The zero-order chi connectivity index (χ0) is 13.8. The highest BCUT2D eigenvalue weighted by Gasteiger charge is 2.15. The zero-order valence-electron chi connectivity index (χ0n) is 10.2. The number of nitrogens with one attached hydrogen (secondary N) is 2. The van der Waals surface area contributed by atoms with Crippen LogP contribution in [0.25, 0.3) is 0 Å². The molecular formula is C13H14Cl2N2O. The van der Waals surface area contributed by atoms with Crippen molar-refractivity contribution in [1.82, 2.24) is 5.32 Å². The predicted molar refractivity (Wildman–Crippen MR) is 76.0 cm³/mol. The van der Waals surface area contributed by atoms with Crippen molar-refractivity contribution in [3.05, 3.63) is 28.2 Å². The number of terminal acetylenes is 1. The highest BCUT2D eigenvalue weighted by atomic mass is 35.5. The molecule has 3 nitrogen and oxygen atoms in total. The summed E-state index contributed by atoms with van der Waals surface area (Å²) in [5, 5.41) is 6.37. The average Bonchev–Trinajstić information content (AvgIpc) is 2.32. The summed E-state index contributed by atoms with van der Waals surface area (Å²) in [5.41, 5.74) is -0.132. The number of carbonyl (C=O) groups is 1. The third-order valence-electron chi connectivity index (χ3n) is 2.28. The maximum atomic E-state index is 11.7. The van der Waals surface area contributed by atoms with Crippen LogP contribution in [0.1, 0.15) is 13.8 Å². The molecule has 1 aromatic rings. The number of amides is 1. The predicted octanol–water partition coefficient (Wildman–Crippen LogP) is 2.93. The molecule has 1 rings (SSSR count). The zero-order valence-corrected chi connectivity index (χ0v) is 11.7. The molecule has 0 radical (unpaired) electrons. The maximum Gasteiger partial charge on any atom is 0.238 e. The van der Waals surface area contributed by atoms with Gasteiger partial charge in [0.2, 0.25) is 5.91 Å². The summed E-state index contributed by atoms with van der Waals surface area (Å²) < 4.78 is 0. The molecule has 18 heavy (non-hydrogen) atoms. The van der Waals surface area contributed by atoms with E-state index in [1.807, 2.05) is 13.8 Å². The summed E-state index contributed by atoms with van der Waals surface area (Å²) in [7, 11) is 0. The average molecular weight is 285 g/mol. The van der Waals surface area contributed by atoms with Crippen LogP contribution in [-0.2, 0) is 4.79 Å². The van der Waals surface area contributed by atoms with Crippen LogP contribution in [0.4, 0.5) is 5.69 Å². The third kappa shape index (κ3) is 4.23.